The van der Waals surface area contributed by atoms with Crippen LogP contribution in [0, 0.1) is 12.7 Å². The van der Waals surface area contributed by atoms with E-state index in [1.54, 1.807) is 29.8 Å². The number of hydrogen-bond donors (Lipinski definition) is 2. The molecule has 1 atom stereocenters. The Labute approximate surface area is 211 Å². The first-order valence-corrected chi connectivity index (χ1v) is 12.2. The number of nitrogens with zero attached hydrogens (tertiary/aromatic N) is 6. The molecule has 1 aromatic carbocycles. The Hall–Kier alpha value is -3.67. The van der Waals surface area contributed by atoms with Gasteiger partial charge in [0, 0.05) is 31.4 Å². The van der Waals surface area contributed by atoms with Gasteiger partial charge in [0.15, 0.2) is 0 Å². The van der Waals surface area contributed by atoms with Crippen molar-refractivity contribution in [1.29, 1.82) is 0 Å². The average molecular weight is 516 g/mol. The fourth-order valence-corrected chi connectivity index (χ4v) is 4.96. The summed E-state index contributed by atoms with van der Waals surface area (Å²) < 4.78 is 47.1. The Bertz CT molecular complexity index is 1330. The number of alkyl halides is 2. The molecule has 2 aliphatic heterocycles. The Morgan fingerprint density at radius 3 is 2.65 bits per heavy atom. The molecule has 1 unspecified atom stereocenters. The zero-order valence-corrected chi connectivity index (χ0v) is 20.4. The van der Waals surface area contributed by atoms with Crippen LogP contribution in [-0.4, -0.2) is 74.1 Å². The van der Waals surface area contributed by atoms with Crippen LogP contribution < -0.4 is 10.6 Å². The van der Waals surface area contributed by atoms with Gasteiger partial charge in [-0.25, -0.2) is 32.9 Å². The lowest BCUT2D eigenvalue weighted by Gasteiger charge is -2.39. The van der Waals surface area contributed by atoms with Crippen molar-refractivity contribution >= 4 is 17.6 Å². The molecule has 0 bridgehead atoms. The quantitative estimate of drug-likeness (QED) is 0.492. The van der Waals surface area contributed by atoms with Crippen LogP contribution in [0.5, 0.6) is 0 Å². The SMILES string of the molecule is Cc1cc(-c2cn(CCN3CCC3)c(C3CCN(c4ncnc(N)c4C(=O)O)CC3(F)F)n2)ccc1F. The number of nitrogens with two attached hydrogens (primary N) is 1. The summed E-state index contributed by atoms with van der Waals surface area (Å²) in [5.41, 5.74) is 6.93. The van der Waals surface area contributed by atoms with Crippen molar-refractivity contribution in [3.8, 4) is 11.3 Å². The highest BCUT2D eigenvalue weighted by Gasteiger charge is 2.48. The third-order valence-electron chi connectivity index (χ3n) is 7.15. The lowest BCUT2D eigenvalue weighted by Crippen LogP contribution is -2.49. The minimum atomic E-state index is -3.23. The second-order valence-electron chi connectivity index (χ2n) is 9.62. The van der Waals surface area contributed by atoms with Crippen molar-refractivity contribution in [1.82, 2.24) is 24.4 Å². The molecule has 0 saturated carbocycles. The Kier molecular flexibility index (Phi) is 6.52. The third kappa shape index (κ3) is 4.85. The first-order valence-electron chi connectivity index (χ1n) is 12.2. The molecule has 0 aliphatic carbocycles. The molecule has 3 aromatic rings. The van der Waals surface area contributed by atoms with E-state index in [-0.39, 0.29) is 41.8 Å². The number of anilines is 2. The van der Waals surface area contributed by atoms with Crippen LogP contribution in [0.15, 0.2) is 30.7 Å². The second-order valence-corrected chi connectivity index (χ2v) is 9.62. The molecule has 37 heavy (non-hydrogen) atoms. The van der Waals surface area contributed by atoms with E-state index in [0.717, 1.165) is 32.4 Å². The van der Waals surface area contributed by atoms with Gasteiger partial charge in [0.05, 0.1) is 18.2 Å². The number of aryl methyl sites for hydroxylation is 1. The maximum absolute atomic E-state index is 15.7. The number of hydrogen-bond acceptors (Lipinski definition) is 7. The number of piperidine rings is 1. The first-order chi connectivity index (χ1) is 17.6. The predicted octanol–water partition coefficient (Wildman–Crippen LogP) is 3.40. The number of carboxylic acid groups (broad SMARTS) is 1. The smallest absolute Gasteiger partial charge is 0.343 e. The van der Waals surface area contributed by atoms with Gasteiger partial charge in [0.1, 0.15) is 35.2 Å². The van der Waals surface area contributed by atoms with Crippen LogP contribution in [-0.2, 0) is 6.54 Å². The van der Waals surface area contributed by atoms with Crippen molar-refractivity contribution in [2.24, 2.45) is 0 Å². The summed E-state index contributed by atoms with van der Waals surface area (Å²) in [6, 6.07) is 4.61. The predicted molar refractivity (Wildman–Crippen MR) is 131 cm³/mol. The van der Waals surface area contributed by atoms with E-state index >= 15 is 8.78 Å². The maximum atomic E-state index is 15.7. The van der Waals surface area contributed by atoms with Gasteiger partial charge in [-0.3, -0.25) is 0 Å². The van der Waals surface area contributed by atoms with Crippen LogP contribution in [0.1, 0.15) is 40.5 Å². The molecular formula is C25H28F3N7O2. The molecule has 2 fully saturated rings. The number of aromatic nitrogens is 4. The van der Waals surface area contributed by atoms with E-state index in [1.807, 2.05) is 0 Å². The molecular weight excluding hydrogens is 487 g/mol. The number of aromatic carboxylic acids is 1. The summed E-state index contributed by atoms with van der Waals surface area (Å²) in [6.45, 7) is 4.24. The van der Waals surface area contributed by atoms with Gasteiger partial charge >= 0.3 is 5.97 Å². The van der Waals surface area contributed by atoms with Gasteiger partial charge in [-0.2, -0.15) is 0 Å². The third-order valence-corrected chi connectivity index (χ3v) is 7.15. The lowest BCUT2D eigenvalue weighted by molar-refractivity contribution is -0.0370. The molecule has 3 N–H and O–H groups in total. The van der Waals surface area contributed by atoms with E-state index in [1.165, 1.54) is 11.0 Å². The van der Waals surface area contributed by atoms with Gasteiger partial charge in [0.2, 0.25) is 0 Å². The van der Waals surface area contributed by atoms with Crippen molar-refractivity contribution < 1.29 is 23.1 Å². The van der Waals surface area contributed by atoms with Gasteiger partial charge in [-0.15, -0.1) is 0 Å². The van der Waals surface area contributed by atoms with E-state index in [9.17, 15) is 14.3 Å². The number of carboxylic acids is 1. The number of halogens is 3. The fourth-order valence-electron chi connectivity index (χ4n) is 4.96. The van der Waals surface area contributed by atoms with E-state index in [0.29, 0.717) is 23.4 Å². The minimum absolute atomic E-state index is 0.0264. The van der Waals surface area contributed by atoms with Crippen LogP contribution in [0.3, 0.4) is 0 Å². The number of imidazole rings is 1. The maximum Gasteiger partial charge on any atom is 0.343 e. The summed E-state index contributed by atoms with van der Waals surface area (Å²) in [5, 5.41) is 9.54. The zero-order valence-electron chi connectivity index (χ0n) is 20.4. The molecule has 196 valence electrons. The molecule has 0 radical (unpaired) electrons. The Morgan fingerprint density at radius 1 is 1.22 bits per heavy atom. The largest absolute Gasteiger partial charge is 0.477 e. The van der Waals surface area contributed by atoms with E-state index < -0.39 is 24.4 Å². The van der Waals surface area contributed by atoms with Gasteiger partial charge in [-0.05, 0) is 56.6 Å². The summed E-state index contributed by atoms with van der Waals surface area (Å²) in [4.78, 5) is 27.5. The highest BCUT2D eigenvalue weighted by molar-refractivity contribution is 5.98. The number of carbonyl (C=O) groups is 1. The Balaban J connectivity index is 1.46. The van der Waals surface area contributed by atoms with E-state index in [4.69, 9.17) is 5.73 Å². The van der Waals surface area contributed by atoms with Crippen molar-refractivity contribution in [2.45, 2.75) is 38.2 Å². The molecule has 0 spiro atoms. The van der Waals surface area contributed by atoms with Crippen LogP contribution in [0.2, 0.25) is 0 Å². The molecule has 2 aromatic heterocycles. The summed E-state index contributed by atoms with van der Waals surface area (Å²) in [6.07, 6.45) is 3.98. The summed E-state index contributed by atoms with van der Waals surface area (Å²) in [7, 11) is 0. The minimum Gasteiger partial charge on any atom is -0.477 e. The topological polar surface area (TPSA) is 113 Å². The zero-order chi connectivity index (χ0) is 26.3. The summed E-state index contributed by atoms with van der Waals surface area (Å²) >= 11 is 0. The highest BCUT2D eigenvalue weighted by Crippen LogP contribution is 2.42. The number of benzene rings is 1. The molecule has 2 saturated heterocycles. The molecule has 0 amide bonds. The average Bonchev–Trinajstić information content (AvgIpc) is 3.22. The number of likely N-dealkylation sites (tertiary alicyclic amines) is 1. The van der Waals surface area contributed by atoms with Gasteiger partial charge in [-0.1, -0.05) is 0 Å². The van der Waals surface area contributed by atoms with Crippen LogP contribution >= 0.6 is 0 Å². The standard InChI is InChI=1S/C25H28F3N7O2/c1-15-11-16(3-4-18(15)26)19-12-34(10-9-33-6-2-7-33)22(32-19)17-5-8-35(13-25(17,27)28)23-20(24(36)37)21(29)30-14-31-23/h3-4,11-12,14,17H,2,5-10,13H2,1H3,(H,36,37)(H2,29,30,31). The van der Waals surface area contributed by atoms with Crippen LogP contribution in [0.4, 0.5) is 24.8 Å². The van der Waals surface area contributed by atoms with Crippen LogP contribution in [0.25, 0.3) is 11.3 Å². The highest BCUT2D eigenvalue weighted by atomic mass is 19.3. The summed E-state index contributed by atoms with van der Waals surface area (Å²) in [5.74, 6) is -6.27. The fraction of sp³-hybridized carbons (Fsp3) is 0.440. The normalized spacial score (nSPS) is 19.6. The molecule has 9 nitrogen and oxygen atoms in total. The molecule has 5 rings (SSSR count). The molecule has 2 aliphatic rings. The second kappa shape index (κ2) is 9.66. The number of nitrogen functional groups attached to an aromatic ring is 1. The first kappa shape index (κ1) is 25.0. The van der Waals surface area contributed by atoms with E-state index in [2.05, 4.69) is 19.9 Å². The van der Waals surface area contributed by atoms with Crippen molar-refractivity contribution in [2.75, 3.05) is 43.4 Å². The molecule has 12 heteroatoms. The monoisotopic (exact) mass is 515 g/mol. The lowest BCUT2D eigenvalue weighted by atomic mass is 9.91. The van der Waals surface area contributed by atoms with Crippen molar-refractivity contribution in [3.05, 3.63) is 53.5 Å². The molecule has 4 heterocycles. The Morgan fingerprint density at radius 2 is 2.00 bits per heavy atom. The van der Waals surface area contributed by atoms with Gasteiger partial charge < -0.3 is 25.2 Å². The van der Waals surface area contributed by atoms with Crippen molar-refractivity contribution in [3.63, 3.8) is 0 Å². The van der Waals surface area contributed by atoms with Gasteiger partial charge in [0.25, 0.3) is 5.92 Å². The number of rotatable bonds is 7.